The van der Waals surface area contributed by atoms with Crippen molar-refractivity contribution in [3.63, 3.8) is 0 Å². The first-order chi connectivity index (χ1) is 14.0. The number of aliphatic hydroxyl groups excluding tert-OH is 1. The predicted molar refractivity (Wildman–Crippen MR) is 117 cm³/mol. The molecule has 3 rings (SSSR count). The van der Waals surface area contributed by atoms with Gasteiger partial charge in [-0.05, 0) is 38.3 Å². The van der Waals surface area contributed by atoms with Gasteiger partial charge in [-0.15, -0.1) is 0 Å². The highest BCUT2D eigenvalue weighted by molar-refractivity contribution is 5.79. The third-order valence-corrected chi connectivity index (χ3v) is 5.58. The minimum absolute atomic E-state index is 0.453. The maximum atomic E-state index is 10.5. The number of β-amino-alcohol motifs (C(OH)–C–C–N with tert-alkyl or cyclic N) is 1. The van der Waals surface area contributed by atoms with Crippen LogP contribution in [-0.4, -0.2) is 58.0 Å². The smallest absolute Gasteiger partial charge is 0.191 e. The summed E-state index contributed by atoms with van der Waals surface area (Å²) in [6.07, 6.45) is 0.593. The Kier molecular flexibility index (Phi) is 7.28. The third-order valence-electron chi connectivity index (χ3n) is 5.58. The van der Waals surface area contributed by atoms with E-state index < -0.39 is 6.10 Å². The van der Waals surface area contributed by atoms with Gasteiger partial charge in [0.15, 0.2) is 5.96 Å². The molecule has 1 atom stereocenters. The average molecular weight is 399 g/mol. The molecule has 0 saturated heterocycles. The summed E-state index contributed by atoms with van der Waals surface area (Å²) in [6, 6.07) is 8.58. The summed E-state index contributed by atoms with van der Waals surface area (Å²) in [7, 11) is 1.95. The number of hydrogen-bond acceptors (Lipinski definition) is 4. The molecule has 0 fully saturated rings. The highest BCUT2D eigenvalue weighted by atomic mass is 16.3. The largest absolute Gasteiger partial charge is 0.390 e. The molecule has 3 N–H and O–H groups in total. The van der Waals surface area contributed by atoms with Crippen molar-refractivity contribution in [2.24, 2.45) is 12.0 Å². The van der Waals surface area contributed by atoms with Crippen molar-refractivity contribution in [3.8, 4) is 0 Å². The van der Waals surface area contributed by atoms with E-state index in [-0.39, 0.29) is 0 Å². The molecule has 0 spiro atoms. The van der Waals surface area contributed by atoms with Crippen molar-refractivity contribution in [3.05, 3.63) is 52.3 Å². The lowest BCUT2D eigenvalue weighted by Gasteiger charge is -2.30. The normalized spacial score (nSPS) is 15.8. The minimum Gasteiger partial charge on any atom is -0.390 e. The Hall–Kier alpha value is -2.38. The van der Waals surface area contributed by atoms with E-state index >= 15 is 0 Å². The fourth-order valence-electron chi connectivity index (χ4n) is 3.83. The summed E-state index contributed by atoms with van der Waals surface area (Å²) < 4.78 is 1.89. The lowest BCUT2D eigenvalue weighted by molar-refractivity contribution is 0.108. The highest BCUT2D eigenvalue weighted by Crippen LogP contribution is 2.18. The van der Waals surface area contributed by atoms with E-state index in [2.05, 4.69) is 56.8 Å². The lowest BCUT2D eigenvalue weighted by Crippen LogP contribution is -2.45. The average Bonchev–Trinajstić information content (AvgIpc) is 2.95. The Labute approximate surface area is 173 Å². The topological polar surface area (TPSA) is 77.7 Å². The standard InChI is InChI=1S/C22H34N6O/c1-5-23-22(25-13-21-16(2)26-27(4)17(21)3)24-12-20(29)15-28-11-10-18-8-6-7-9-19(18)14-28/h6-9,20,29H,5,10-15H2,1-4H3,(H2,23,24,25). The SMILES string of the molecule is CCNC(=NCc1c(C)nn(C)c1C)NCC(O)CN1CCc2ccccc2C1. The van der Waals surface area contributed by atoms with E-state index in [1.165, 1.54) is 11.1 Å². The molecule has 1 aromatic heterocycles. The maximum absolute atomic E-state index is 10.5. The zero-order chi connectivity index (χ0) is 20.8. The van der Waals surface area contributed by atoms with Gasteiger partial charge < -0.3 is 15.7 Å². The highest BCUT2D eigenvalue weighted by Gasteiger charge is 2.18. The molecule has 1 aliphatic heterocycles. The molecule has 7 heteroatoms. The molecule has 7 nitrogen and oxygen atoms in total. The van der Waals surface area contributed by atoms with Gasteiger partial charge in [0.1, 0.15) is 0 Å². The molecular formula is C22H34N6O. The second-order valence-electron chi connectivity index (χ2n) is 7.76. The molecule has 0 radical (unpaired) electrons. The Bertz CT molecular complexity index is 844. The van der Waals surface area contributed by atoms with Crippen LogP contribution in [0.5, 0.6) is 0 Å². The van der Waals surface area contributed by atoms with Crippen LogP contribution >= 0.6 is 0 Å². The summed E-state index contributed by atoms with van der Waals surface area (Å²) in [5.74, 6) is 0.721. The number of aliphatic imine (C=N–C) groups is 1. The van der Waals surface area contributed by atoms with Crippen LogP contribution in [0, 0.1) is 13.8 Å². The lowest BCUT2D eigenvalue weighted by atomic mass is 10.00. The van der Waals surface area contributed by atoms with Crippen molar-refractivity contribution < 1.29 is 5.11 Å². The van der Waals surface area contributed by atoms with Crippen LogP contribution < -0.4 is 10.6 Å². The summed E-state index contributed by atoms with van der Waals surface area (Å²) in [6.45, 7) is 10.5. The number of guanidine groups is 1. The van der Waals surface area contributed by atoms with E-state index in [1.54, 1.807) is 0 Å². The van der Waals surface area contributed by atoms with Gasteiger partial charge in [0.25, 0.3) is 0 Å². The zero-order valence-electron chi connectivity index (χ0n) is 18.1. The van der Waals surface area contributed by atoms with Crippen LogP contribution in [-0.2, 0) is 26.6 Å². The number of hydrogen-bond donors (Lipinski definition) is 3. The molecule has 2 aromatic rings. The van der Waals surface area contributed by atoms with Crippen LogP contribution in [0.2, 0.25) is 0 Å². The van der Waals surface area contributed by atoms with Gasteiger partial charge in [-0.2, -0.15) is 5.10 Å². The monoisotopic (exact) mass is 398 g/mol. The molecule has 1 aliphatic rings. The van der Waals surface area contributed by atoms with Gasteiger partial charge in [0, 0.05) is 51.0 Å². The first-order valence-electron chi connectivity index (χ1n) is 10.5. The Morgan fingerprint density at radius 3 is 2.69 bits per heavy atom. The molecule has 1 unspecified atom stereocenters. The van der Waals surface area contributed by atoms with Gasteiger partial charge in [0.05, 0.1) is 18.3 Å². The predicted octanol–water partition coefficient (Wildman–Crippen LogP) is 1.51. The number of nitrogens with zero attached hydrogens (tertiary/aromatic N) is 4. The summed E-state index contributed by atoms with van der Waals surface area (Å²) >= 11 is 0. The van der Waals surface area contributed by atoms with Crippen LogP contribution in [0.25, 0.3) is 0 Å². The van der Waals surface area contributed by atoms with Crippen molar-refractivity contribution in [2.45, 2.75) is 46.4 Å². The molecule has 158 valence electrons. The Morgan fingerprint density at radius 1 is 1.24 bits per heavy atom. The van der Waals surface area contributed by atoms with Gasteiger partial charge >= 0.3 is 0 Å². The summed E-state index contributed by atoms with van der Waals surface area (Å²) in [4.78, 5) is 7.00. The number of benzene rings is 1. The van der Waals surface area contributed by atoms with E-state index in [4.69, 9.17) is 0 Å². The number of fused-ring (bicyclic) bond motifs is 1. The van der Waals surface area contributed by atoms with Crippen LogP contribution in [0.3, 0.4) is 0 Å². The van der Waals surface area contributed by atoms with Gasteiger partial charge in [0.2, 0.25) is 0 Å². The van der Waals surface area contributed by atoms with Crippen LogP contribution in [0.15, 0.2) is 29.3 Å². The van der Waals surface area contributed by atoms with E-state index in [1.807, 2.05) is 25.6 Å². The van der Waals surface area contributed by atoms with E-state index in [0.29, 0.717) is 19.6 Å². The van der Waals surface area contributed by atoms with Crippen LogP contribution in [0.4, 0.5) is 0 Å². The molecule has 0 aliphatic carbocycles. The maximum Gasteiger partial charge on any atom is 0.191 e. The van der Waals surface area contributed by atoms with Crippen molar-refractivity contribution in [2.75, 3.05) is 26.2 Å². The number of rotatable bonds is 7. The summed E-state index contributed by atoms with van der Waals surface area (Å²) in [5, 5.41) is 21.5. The van der Waals surface area contributed by atoms with E-state index in [0.717, 1.165) is 49.0 Å². The molecule has 2 heterocycles. The molecule has 0 amide bonds. The molecule has 0 bridgehead atoms. The quantitative estimate of drug-likeness (QED) is 0.487. The molecule has 1 aromatic carbocycles. The first kappa shape index (κ1) is 21.3. The number of aliphatic hydroxyl groups is 1. The second kappa shape index (κ2) is 9.89. The van der Waals surface area contributed by atoms with Gasteiger partial charge in [-0.3, -0.25) is 9.58 Å². The number of nitrogens with one attached hydrogen (secondary N) is 2. The molecule has 29 heavy (non-hydrogen) atoms. The van der Waals surface area contributed by atoms with Crippen molar-refractivity contribution in [1.29, 1.82) is 0 Å². The number of aromatic nitrogens is 2. The second-order valence-corrected chi connectivity index (χ2v) is 7.76. The van der Waals surface area contributed by atoms with Gasteiger partial charge in [-0.25, -0.2) is 4.99 Å². The third kappa shape index (κ3) is 5.58. The summed E-state index contributed by atoms with van der Waals surface area (Å²) in [5.41, 5.74) is 6.09. The van der Waals surface area contributed by atoms with Gasteiger partial charge in [-0.1, -0.05) is 24.3 Å². The minimum atomic E-state index is -0.453. The Morgan fingerprint density at radius 2 is 2.00 bits per heavy atom. The molecular weight excluding hydrogens is 364 g/mol. The molecule has 0 saturated carbocycles. The van der Waals surface area contributed by atoms with Crippen molar-refractivity contribution >= 4 is 5.96 Å². The Balaban J connectivity index is 1.52. The van der Waals surface area contributed by atoms with E-state index in [9.17, 15) is 5.11 Å². The fourth-order valence-corrected chi connectivity index (χ4v) is 3.83. The zero-order valence-corrected chi connectivity index (χ0v) is 18.1. The van der Waals surface area contributed by atoms with Crippen molar-refractivity contribution in [1.82, 2.24) is 25.3 Å². The number of aryl methyl sites for hydroxylation is 2. The van der Waals surface area contributed by atoms with Crippen LogP contribution in [0.1, 0.15) is 35.0 Å². The fraction of sp³-hybridized carbons (Fsp3) is 0.545. The first-order valence-corrected chi connectivity index (χ1v) is 10.5.